The number of aliphatic hydroxyl groups excluding tert-OH is 7. The molecule has 0 aromatic rings. The summed E-state index contributed by atoms with van der Waals surface area (Å²) in [5.41, 5.74) is 0. The maximum atomic E-state index is 13.2. The van der Waals surface area contributed by atoms with E-state index in [0.717, 1.165) is 51.4 Å². The van der Waals surface area contributed by atoms with E-state index in [-0.39, 0.29) is 12.8 Å². The molecule has 0 radical (unpaired) electrons. The van der Waals surface area contributed by atoms with Gasteiger partial charge in [-0.25, -0.2) is 0 Å². The molecule has 9 atom stereocenters. The van der Waals surface area contributed by atoms with E-state index in [1.54, 1.807) is 0 Å². The fraction of sp³-hybridized carbons (Fsp3) is 0.879. The van der Waals surface area contributed by atoms with Gasteiger partial charge in [-0.1, -0.05) is 237 Å². The van der Waals surface area contributed by atoms with Crippen LogP contribution >= 0.6 is 0 Å². The molecule has 0 aromatic heterocycles. The predicted octanol–water partition coefficient (Wildman–Crippen LogP) is 11.9. The van der Waals surface area contributed by atoms with Gasteiger partial charge in [0.1, 0.15) is 36.6 Å². The minimum absolute atomic E-state index is 0.242. The van der Waals surface area contributed by atoms with E-state index in [1.165, 1.54) is 161 Å². The summed E-state index contributed by atoms with van der Waals surface area (Å²) in [7, 11) is 0. The molecule has 0 spiro atoms. The summed E-state index contributed by atoms with van der Waals surface area (Å²) in [5, 5.41) is 75.9. The van der Waals surface area contributed by atoms with Gasteiger partial charge >= 0.3 is 0 Å². The summed E-state index contributed by atoms with van der Waals surface area (Å²) in [6.07, 6.45) is 46.5. The second-order valence-electron chi connectivity index (χ2n) is 20.3. The minimum atomic E-state index is -1.67. The fourth-order valence-corrected chi connectivity index (χ4v) is 9.19. The highest BCUT2D eigenvalue weighted by molar-refractivity contribution is 5.80. The molecule has 69 heavy (non-hydrogen) atoms. The molecule has 1 aliphatic heterocycles. The van der Waals surface area contributed by atoms with Crippen molar-refractivity contribution in [3.63, 3.8) is 0 Å². The van der Waals surface area contributed by atoms with Crippen LogP contribution in [0.5, 0.6) is 0 Å². The highest BCUT2D eigenvalue weighted by Crippen LogP contribution is 2.23. The second-order valence-corrected chi connectivity index (χ2v) is 20.3. The van der Waals surface area contributed by atoms with Gasteiger partial charge in [0.15, 0.2) is 6.29 Å². The van der Waals surface area contributed by atoms with E-state index in [0.29, 0.717) is 19.3 Å². The predicted molar refractivity (Wildman–Crippen MR) is 284 cm³/mol. The Morgan fingerprint density at radius 3 is 1.29 bits per heavy atom. The van der Waals surface area contributed by atoms with Crippen molar-refractivity contribution in [2.75, 3.05) is 13.2 Å². The Bertz CT molecular complexity index is 1210. The monoisotopic (exact) mass is 980 g/mol. The van der Waals surface area contributed by atoms with Crippen LogP contribution in [0.3, 0.4) is 0 Å². The van der Waals surface area contributed by atoms with Crippen LogP contribution in [-0.2, 0) is 14.3 Å². The highest BCUT2D eigenvalue weighted by Gasteiger charge is 2.44. The number of amides is 1. The van der Waals surface area contributed by atoms with Gasteiger partial charge in [-0.05, 0) is 57.8 Å². The lowest BCUT2D eigenvalue weighted by Crippen LogP contribution is -2.60. The van der Waals surface area contributed by atoms with E-state index in [4.69, 9.17) is 9.47 Å². The molecule has 406 valence electrons. The largest absolute Gasteiger partial charge is 0.394 e. The summed E-state index contributed by atoms with van der Waals surface area (Å²) in [4.78, 5) is 13.2. The summed E-state index contributed by atoms with van der Waals surface area (Å²) < 4.78 is 11.1. The van der Waals surface area contributed by atoms with E-state index in [9.17, 15) is 40.5 Å². The standard InChI is InChI=1S/C58H109NO10/c1-3-5-7-9-11-13-15-17-19-20-21-22-23-24-25-26-27-28-29-30-31-32-34-36-38-40-42-44-46-51(62)57(67)59-49(48-68-58-56(66)55(65)54(64)52(47-60)69-58)53(63)50(61)45-43-41-39-37-35-33-18-16-14-12-10-8-6-4-2/h8,10,16,18,37,39,49-56,58,60-66H,3-7,9,11-15,17,19-36,38,40-48H2,1-2H3,(H,59,67)/b10-8+,18-16+,39-37+. The van der Waals surface area contributed by atoms with Gasteiger partial charge in [0.25, 0.3) is 0 Å². The first-order chi connectivity index (χ1) is 33.7. The van der Waals surface area contributed by atoms with E-state index >= 15 is 0 Å². The first-order valence-electron chi connectivity index (χ1n) is 28.9. The SMILES string of the molecule is CCC/C=C/CC/C=C/CC/C=C/CCCC(O)C(O)C(COC1OC(CO)C(O)C(O)C1O)NC(=O)C(O)CCCCCCCCCCCCCCCCCCCCCCCCCCCCCC. The fourth-order valence-electron chi connectivity index (χ4n) is 9.19. The minimum Gasteiger partial charge on any atom is -0.394 e. The van der Waals surface area contributed by atoms with Crippen LogP contribution < -0.4 is 5.32 Å². The molecule has 0 aliphatic carbocycles. The van der Waals surface area contributed by atoms with Crippen molar-refractivity contribution < 1.29 is 50.0 Å². The number of unbranched alkanes of at least 4 members (excludes halogenated alkanes) is 31. The van der Waals surface area contributed by atoms with Gasteiger partial charge in [0.2, 0.25) is 5.91 Å². The lowest BCUT2D eigenvalue weighted by atomic mass is 9.98. The van der Waals surface area contributed by atoms with Crippen molar-refractivity contribution in [1.29, 1.82) is 0 Å². The number of carbonyl (C=O) groups excluding carboxylic acids is 1. The van der Waals surface area contributed by atoms with Crippen molar-refractivity contribution >= 4 is 5.91 Å². The van der Waals surface area contributed by atoms with Crippen molar-refractivity contribution in [3.8, 4) is 0 Å². The van der Waals surface area contributed by atoms with Gasteiger partial charge in [-0.15, -0.1) is 0 Å². The van der Waals surface area contributed by atoms with Gasteiger partial charge in [-0.2, -0.15) is 0 Å². The van der Waals surface area contributed by atoms with Crippen LogP contribution in [0.15, 0.2) is 36.5 Å². The first-order valence-corrected chi connectivity index (χ1v) is 28.9. The number of ether oxygens (including phenoxy) is 2. The third-order valence-corrected chi connectivity index (χ3v) is 13.9. The molecular formula is C58H109NO10. The molecule has 9 unspecified atom stereocenters. The number of hydrogen-bond acceptors (Lipinski definition) is 10. The molecule has 1 amide bonds. The van der Waals surface area contributed by atoms with E-state index < -0.39 is 74.2 Å². The molecule has 1 saturated heterocycles. The zero-order valence-corrected chi connectivity index (χ0v) is 44.3. The molecule has 1 aliphatic rings. The topological polar surface area (TPSA) is 189 Å². The van der Waals surface area contributed by atoms with Crippen LogP contribution in [0.4, 0.5) is 0 Å². The number of nitrogens with one attached hydrogen (secondary N) is 1. The lowest BCUT2D eigenvalue weighted by molar-refractivity contribution is -0.303. The zero-order valence-electron chi connectivity index (χ0n) is 44.3. The first kappa shape index (κ1) is 65.3. The average molecular weight is 981 g/mol. The van der Waals surface area contributed by atoms with Gasteiger partial charge < -0.3 is 50.5 Å². The van der Waals surface area contributed by atoms with Crippen molar-refractivity contribution in [3.05, 3.63) is 36.5 Å². The number of aliphatic hydroxyl groups is 7. The summed E-state index contributed by atoms with van der Waals surface area (Å²) in [6, 6.07) is -1.19. The summed E-state index contributed by atoms with van der Waals surface area (Å²) in [5.74, 6) is -0.710. The Morgan fingerprint density at radius 2 is 0.884 bits per heavy atom. The van der Waals surface area contributed by atoms with E-state index in [1.807, 2.05) is 0 Å². The number of rotatable bonds is 49. The molecule has 1 rings (SSSR count). The highest BCUT2D eigenvalue weighted by atomic mass is 16.7. The molecule has 11 nitrogen and oxygen atoms in total. The molecule has 0 saturated carbocycles. The molecule has 0 bridgehead atoms. The van der Waals surface area contributed by atoms with Crippen LogP contribution in [0.25, 0.3) is 0 Å². The Kier molecular flexibility index (Phi) is 44.8. The smallest absolute Gasteiger partial charge is 0.249 e. The Labute approximate surface area is 422 Å². The third kappa shape index (κ3) is 36.0. The normalized spacial score (nSPS) is 20.6. The van der Waals surface area contributed by atoms with Crippen LogP contribution in [0.1, 0.15) is 258 Å². The second kappa shape index (κ2) is 47.3. The van der Waals surface area contributed by atoms with Crippen LogP contribution in [-0.4, -0.2) is 110 Å². The third-order valence-electron chi connectivity index (χ3n) is 13.9. The zero-order chi connectivity index (χ0) is 50.4. The average Bonchev–Trinajstić information content (AvgIpc) is 3.35. The Morgan fingerprint density at radius 1 is 0.493 bits per heavy atom. The maximum absolute atomic E-state index is 13.2. The van der Waals surface area contributed by atoms with Crippen molar-refractivity contribution in [2.24, 2.45) is 0 Å². The molecule has 11 heteroatoms. The van der Waals surface area contributed by atoms with Gasteiger partial charge in [-0.3, -0.25) is 4.79 Å². The Balaban J connectivity index is 2.25. The maximum Gasteiger partial charge on any atom is 0.249 e. The number of allylic oxidation sites excluding steroid dienone is 6. The number of carbonyl (C=O) groups is 1. The molecule has 8 N–H and O–H groups in total. The van der Waals surface area contributed by atoms with Gasteiger partial charge in [0, 0.05) is 0 Å². The quantitative estimate of drug-likeness (QED) is 0.0215. The van der Waals surface area contributed by atoms with Gasteiger partial charge in [0.05, 0.1) is 25.4 Å². The Hall–Kier alpha value is -1.67. The van der Waals surface area contributed by atoms with Crippen molar-refractivity contribution in [2.45, 2.75) is 313 Å². The molecular weight excluding hydrogens is 871 g/mol. The van der Waals surface area contributed by atoms with Crippen LogP contribution in [0, 0.1) is 0 Å². The molecule has 0 aromatic carbocycles. The molecule has 1 fully saturated rings. The lowest BCUT2D eigenvalue weighted by Gasteiger charge is -2.40. The molecule has 1 heterocycles. The summed E-state index contributed by atoms with van der Waals surface area (Å²) >= 11 is 0. The van der Waals surface area contributed by atoms with Crippen molar-refractivity contribution in [1.82, 2.24) is 5.32 Å². The number of hydrogen-bond donors (Lipinski definition) is 8. The van der Waals surface area contributed by atoms with E-state index in [2.05, 4.69) is 55.6 Å². The summed E-state index contributed by atoms with van der Waals surface area (Å²) in [6.45, 7) is 3.38. The van der Waals surface area contributed by atoms with Crippen LogP contribution in [0.2, 0.25) is 0 Å².